The second-order valence-corrected chi connectivity index (χ2v) is 15.4. The van der Waals surface area contributed by atoms with Crippen molar-refractivity contribution in [3.8, 4) is 0 Å². The number of hydrogen-bond donors (Lipinski definition) is 8. The monoisotopic (exact) mass is 736 g/mol. The molecule has 4 heterocycles. The lowest BCUT2D eigenvalue weighted by Gasteiger charge is -2.30. The minimum absolute atomic E-state index is 0.199. The zero-order chi connectivity index (χ0) is 38.2. The summed E-state index contributed by atoms with van der Waals surface area (Å²) in [6, 6.07) is 40.4. The largest absolute Gasteiger partial charge is 0.387 e. The van der Waals surface area contributed by atoms with Crippen LogP contribution in [0.2, 0.25) is 0 Å². The van der Waals surface area contributed by atoms with E-state index < -0.39 is 11.2 Å². The second kappa shape index (κ2) is 21.0. The molecule has 4 aliphatic heterocycles. The molecule has 8 nitrogen and oxygen atoms in total. The van der Waals surface area contributed by atoms with Gasteiger partial charge in [0.2, 0.25) is 0 Å². The van der Waals surface area contributed by atoms with Crippen LogP contribution in [0.1, 0.15) is 99.7 Å². The number of hydrogen-bond acceptors (Lipinski definition) is 8. The lowest BCUT2D eigenvalue weighted by atomic mass is 9.87. The fourth-order valence-corrected chi connectivity index (χ4v) is 8.01. The molecule has 4 aliphatic rings. The molecule has 4 fully saturated rings. The Balaban J connectivity index is 0.000000139. The first-order valence-corrected chi connectivity index (χ1v) is 20.1. The van der Waals surface area contributed by atoms with Gasteiger partial charge in [-0.2, -0.15) is 0 Å². The molecule has 0 aromatic heterocycles. The van der Waals surface area contributed by atoms with Crippen LogP contribution in [0.15, 0.2) is 121 Å². The molecular weight excluding hydrogens is 673 g/mol. The molecule has 8 rings (SSSR count). The molecular formula is C46H64N4O4. The third-order valence-corrected chi connectivity index (χ3v) is 11.4. The van der Waals surface area contributed by atoms with E-state index in [1.807, 2.05) is 135 Å². The number of aliphatic hydroxyl groups excluding tert-OH is 2. The van der Waals surface area contributed by atoms with Gasteiger partial charge in [-0.15, -0.1) is 0 Å². The summed E-state index contributed by atoms with van der Waals surface area (Å²) in [5, 5.41) is 54.1. The van der Waals surface area contributed by atoms with E-state index in [9.17, 15) is 20.4 Å². The molecule has 4 saturated heterocycles. The van der Waals surface area contributed by atoms with Crippen molar-refractivity contribution in [1.82, 2.24) is 21.3 Å². The van der Waals surface area contributed by atoms with Crippen molar-refractivity contribution >= 4 is 0 Å². The van der Waals surface area contributed by atoms with Gasteiger partial charge in [-0.3, -0.25) is 0 Å². The summed E-state index contributed by atoms with van der Waals surface area (Å²) in [5.74, 6) is 0. The van der Waals surface area contributed by atoms with Crippen molar-refractivity contribution in [3.05, 3.63) is 144 Å². The first-order chi connectivity index (χ1) is 26.2. The number of benzene rings is 4. The van der Waals surface area contributed by atoms with Gasteiger partial charge in [-0.05, 0) is 114 Å². The van der Waals surface area contributed by atoms with Gasteiger partial charge in [0.25, 0.3) is 0 Å². The minimum atomic E-state index is -0.738. The average Bonchev–Trinajstić information content (AvgIpc) is 4.08. The fourth-order valence-electron chi connectivity index (χ4n) is 8.01. The summed E-state index contributed by atoms with van der Waals surface area (Å²) in [4.78, 5) is 0. The molecule has 4 aromatic rings. The highest BCUT2D eigenvalue weighted by Crippen LogP contribution is 2.30. The predicted molar refractivity (Wildman–Crippen MR) is 219 cm³/mol. The highest BCUT2D eigenvalue weighted by atomic mass is 16.3. The fraction of sp³-hybridized carbons (Fsp3) is 0.478. The summed E-state index contributed by atoms with van der Waals surface area (Å²) in [5.41, 5.74) is 2.55. The Morgan fingerprint density at radius 2 is 0.741 bits per heavy atom. The van der Waals surface area contributed by atoms with E-state index in [1.165, 1.54) is 12.8 Å². The van der Waals surface area contributed by atoms with Crippen LogP contribution in [0.3, 0.4) is 0 Å². The van der Waals surface area contributed by atoms with Gasteiger partial charge < -0.3 is 41.7 Å². The molecule has 292 valence electrons. The molecule has 0 aliphatic carbocycles. The maximum absolute atomic E-state index is 10.4. The van der Waals surface area contributed by atoms with Crippen molar-refractivity contribution < 1.29 is 20.4 Å². The van der Waals surface area contributed by atoms with E-state index in [1.54, 1.807) is 0 Å². The average molecular weight is 737 g/mol. The molecule has 8 heteroatoms. The van der Waals surface area contributed by atoms with Crippen molar-refractivity contribution in [2.45, 2.75) is 113 Å². The topological polar surface area (TPSA) is 129 Å². The molecule has 0 spiro atoms. The van der Waals surface area contributed by atoms with Crippen LogP contribution < -0.4 is 21.3 Å². The van der Waals surface area contributed by atoms with Gasteiger partial charge in [0.1, 0.15) is 11.2 Å². The minimum Gasteiger partial charge on any atom is -0.387 e. The van der Waals surface area contributed by atoms with Gasteiger partial charge in [0, 0.05) is 24.2 Å². The highest BCUT2D eigenvalue weighted by Gasteiger charge is 2.36. The summed E-state index contributed by atoms with van der Waals surface area (Å²) in [6.45, 7) is 7.90. The molecule has 8 atom stereocenters. The molecule has 0 saturated carbocycles. The van der Waals surface area contributed by atoms with Crippen molar-refractivity contribution in [2.24, 2.45) is 0 Å². The first kappa shape index (κ1) is 41.7. The summed E-state index contributed by atoms with van der Waals surface area (Å²) < 4.78 is 0. The summed E-state index contributed by atoms with van der Waals surface area (Å²) >= 11 is 0. The zero-order valence-electron chi connectivity index (χ0n) is 32.3. The number of nitrogens with one attached hydrogen (secondary N) is 4. The van der Waals surface area contributed by atoms with Gasteiger partial charge >= 0.3 is 0 Å². The van der Waals surface area contributed by atoms with E-state index in [4.69, 9.17) is 0 Å². The molecule has 8 N–H and O–H groups in total. The van der Waals surface area contributed by atoms with E-state index in [2.05, 4.69) is 21.3 Å². The zero-order valence-corrected chi connectivity index (χ0v) is 32.3. The molecule has 0 amide bonds. The van der Waals surface area contributed by atoms with Crippen LogP contribution in [-0.4, -0.2) is 70.8 Å². The highest BCUT2D eigenvalue weighted by molar-refractivity contribution is 5.25. The predicted octanol–water partition coefficient (Wildman–Crippen LogP) is 6.24. The third-order valence-electron chi connectivity index (χ3n) is 11.4. The van der Waals surface area contributed by atoms with Crippen LogP contribution >= 0.6 is 0 Å². The molecule has 0 unspecified atom stereocenters. The van der Waals surface area contributed by atoms with Crippen LogP contribution in [0.25, 0.3) is 0 Å². The number of rotatable bonds is 8. The molecule has 0 bridgehead atoms. The summed E-state index contributed by atoms with van der Waals surface area (Å²) in [7, 11) is 0. The van der Waals surface area contributed by atoms with Gasteiger partial charge in [0.05, 0.1) is 12.2 Å². The number of aliphatic hydroxyl groups is 4. The van der Waals surface area contributed by atoms with Crippen LogP contribution in [0, 0.1) is 0 Å². The van der Waals surface area contributed by atoms with E-state index in [0.717, 1.165) is 87.0 Å². The Kier molecular flexibility index (Phi) is 16.2. The summed E-state index contributed by atoms with van der Waals surface area (Å²) in [6.07, 6.45) is 8.26. The standard InChI is InChI=1S/2C12H17NO.2C11H15NO/c2*1-12(14,11-8-5-9-13-11)10-6-3-2-4-7-10;2*13-11(10-7-4-8-12-10)9-5-2-1-3-6-9/h2*2-4,6-7,11,13-14H,5,8-9H2,1H3;2*1-3,5-6,10-13H,4,7-8H2/t2*11-,12+;2*10-,11+/m1010/s1. The Morgan fingerprint density at radius 1 is 0.444 bits per heavy atom. The van der Waals surface area contributed by atoms with E-state index in [0.29, 0.717) is 0 Å². The SMILES string of the molecule is C[C@@](O)(c1ccccc1)[C@@H]1CCCN1.C[C@](O)(c1ccccc1)[C@H]1CCCN1.O[C@@H](c1ccccc1)[C@H]1CCCN1.O[C@H](c1ccccc1)[C@@H]1CCCN1. The Labute approximate surface area is 323 Å². The van der Waals surface area contributed by atoms with Gasteiger partial charge in [0.15, 0.2) is 0 Å². The quantitative estimate of drug-likeness (QED) is 0.107. The lowest BCUT2D eigenvalue weighted by Crippen LogP contribution is -2.42. The Hall–Kier alpha value is -3.44. The smallest absolute Gasteiger partial charge is 0.102 e. The molecule has 4 aromatic carbocycles. The van der Waals surface area contributed by atoms with E-state index in [-0.39, 0.29) is 36.4 Å². The van der Waals surface area contributed by atoms with Gasteiger partial charge in [-0.1, -0.05) is 121 Å². The van der Waals surface area contributed by atoms with Crippen molar-refractivity contribution in [3.63, 3.8) is 0 Å². The van der Waals surface area contributed by atoms with Crippen LogP contribution in [-0.2, 0) is 11.2 Å². The van der Waals surface area contributed by atoms with Crippen molar-refractivity contribution in [2.75, 3.05) is 26.2 Å². The van der Waals surface area contributed by atoms with Gasteiger partial charge in [-0.25, -0.2) is 0 Å². The maximum Gasteiger partial charge on any atom is 0.102 e. The molecule has 54 heavy (non-hydrogen) atoms. The van der Waals surface area contributed by atoms with Crippen LogP contribution in [0.4, 0.5) is 0 Å². The maximum atomic E-state index is 10.4. The second-order valence-electron chi connectivity index (χ2n) is 15.4. The first-order valence-electron chi connectivity index (χ1n) is 20.1. The molecule has 0 radical (unpaired) electrons. The van der Waals surface area contributed by atoms with Crippen LogP contribution in [0.5, 0.6) is 0 Å². The Bertz CT molecular complexity index is 1450. The Morgan fingerprint density at radius 3 is 1.02 bits per heavy atom. The lowest BCUT2D eigenvalue weighted by molar-refractivity contribution is 0.0215. The van der Waals surface area contributed by atoms with Crippen molar-refractivity contribution in [1.29, 1.82) is 0 Å². The van der Waals surface area contributed by atoms with E-state index >= 15 is 0 Å². The normalized spacial score (nSPS) is 25.3. The third kappa shape index (κ3) is 11.8.